The van der Waals surface area contributed by atoms with Crippen LogP contribution in [0.15, 0.2) is 23.1 Å². The minimum Gasteiger partial charge on any atom is -0.478 e. The summed E-state index contributed by atoms with van der Waals surface area (Å²) >= 11 is 0. The van der Waals surface area contributed by atoms with Gasteiger partial charge < -0.3 is 10.2 Å². The molecule has 0 saturated carbocycles. The molecule has 0 unspecified atom stereocenters. The molecule has 7 nitrogen and oxygen atoms in total. The molecule has 0 aromatic heterocycles. The van der Waals surface area contributed by atoms with Gasteiger partial charge in [-0.1, -0.05) is 0 Å². The molecule has 88 valence electrons. The van der Waals surface area contributed by atoms with Crippen molar-refractivity contribution in [2.45, 2.75) is 4.90 Å². The molecule has 1 aromatic rings. The fourth-order valence-electron chi connectivity index (χ4n) is 1.06. The molecule has 1 aromatic carbocycles. The van der Waals surface area contributed by atoms with Crippen molar-refractivity contribution in [1.29, 1.82) is 0 Å². The third-order valence-corrected chi connectivity index (χ3v) is 2.65. The van der Waals surface area contributed by atoms with E-state index in [2.05, 4.69) is 0 Å². The number of rotatable bonds is 3. The van der Waals surface area contributed by atoms with Crippen molar-refractivity contribution in [3.63, 3.8) is 0 Å². The van der Waals surface area contributed by atoms with Gasteiger partial charge in [0.2, 0.25) is 0 Å². The molecule has 0 aliphatic carbocycles. The first-order valence-corrected chi connectivity index (χ1v) is 5.25. The van der Waals surface area contributed by atoms with Gasteiger partial charge in [-0.2, -0.15) is 8.42 Å². The summed E-state index contributed by atoms with van der Waals surface area (Å²) in [6, 6.07) is 2.27. The number of hydrogen-bond acceptors (Lipinski definition) is 4. The Balaban J connectivity index is 0.00000256. The summed E-state index contributed by atoms with van der Waals surface area (Å²) in [6.45, 7) is 0. The normalized spacial score (nSPS) is 10.4. The van der Waals surface area contributed by atoms with Crippen LogP contribution < -0.4 is 0 Å². The fourth-order valence-corrected chi connectivity index (χ4v) is 1.72. The molecule has 0 amide bonds. The van der Waals surface area contributed by atoms with Gasteiger partial charge in [0.15, 0.2) is 0 Å². The summed E-state index contributed by atoms with van der Waals surface area (Å²) in [5.41, 5.74) is -1.17. The van der Waals surface area contributed by atoms with E-state index in [-0.39, 0.29) is 25.0 Å². The second-order valence-electron chi connectivity index (χ2n) is 2.80. The van der Waals surface area contributed by atoms with E-state index in [1.165, 1.54) is 0 Å². The van der Waals surface area contributed by atoms with Crippen LogP contribution in [-0.4, -0.2) is 35.1 Å². The Morgan fingerprint density at radius 2 is 1.59 bits per heavy atom. The molecule has 3 N–H and O–H groups in total. The number of carbonyl (C=O) groups is 2. The predicted molar refractivity (Wildman–Crippen MR) is 50.2 cm³/mol. The Morgan fingerprint density at radius 1 is 1.06 bits per heavy atom. The number of aromatic carboxylic acids is 2. The third kappa shape index (κ3) is 3.59. The van der Waals surface area contributed by atoms with Gasteiger partial charge in [0.25, 0.3) is 10.1 Å². The van der Waals surface area contributed by atoms with Crippen LogP contribution in [0.1, 0.15) is 20.7 Å². The molecule has 1 rings (SSSR count). The molecule has 17 heavy (non-hydrogen) atoms. The van der Waals surface area contributed by atoms with Crippen LogP contribution in [0.3, 0.4) is 0 Å². The van der Waals surface area contributed by atoms with Gasteiger partial charge in [0.05, 0.1) is 11.1 Å². The monoisotopic (exact) mass is 310 g/mol. The molecule has 0 heterocycles. The second-order valence-corrected chi connectivity index (χ2v) is 4.19. The van der Waals surface area contributed by atoms with Crippen molar-refractivity contribution < 1.29 is 52.3 Å². The van der Waals surface area contributed by atoms with Crippen LogP contribution in [0.25, 0.3) is 0 Å². The van der Waals surface area contributed by atoms with Crippen LogP contribution >= 0.6 is 0 Å². The van der Waals surface area contributed by atoms with Crippen LogP contribution in [0.2, 0.25) is 0 Å². The topological polar surface area (TPSA) is 129 Å². The molecule has 0 aliphatic rings. The fraction of sp³-hybridized carbons (Fsp3) is 0. The number of benzene rings is 1. The van der Waals surface area contributed by atoms with Gasteiger partial charge in [-0.3, -0.25) is 4.55 Å². The van der Waals surface area contributed by atoms with E-state index >= 15 is 0 Å². The molecule has 0 radical (unpaired) electrons. The van der Waals surface area contributed by atoms with Crippen molar-refractivity contribution in [3.8, 4) is 0 Å². The maximum atomic E-state index is 10.8. The Kier molecular flexibility index (Phi) is 4.94. The van der Waals surface area contributed by atoms with Crippen LogP contribution in [0.5, 0.6) is 0 Å². The van der Waals surface area contributed by atoms with Crippen molar-refractivity contribution in [2.24, 2.45) is 0 Å². The minimum atomic E-state index is -4.69. The summed E-state index contributed by atoms with van der Waals surface area (Å²) in [6.07, 6.45) is 0. The molecule has 0 aliphatic heterocycles. The molecule has 9 heteroatoms. The van der Waals surface area contributed by atoms with Gasteiger partial charge in [0.1, 0.15) is 4.90 Å². The summed E-state index contributed by atoms with van der Waals surface area (Å²) in [4.78, 5) is 20.4. The van der Waals surface area contributed by atoms with Crippen molar-refractivity contribution in [1.82, 2.24) is 0 Å². The van der Waals surface area contributed by atoms with E-state index in [4.69, 9.17) is 14.8 Å². The molecule has 0 fully saturated rings. The number of hydrogen-bond donors (Lipinski definition) is 3. The van der Waals surface area contributed by atoms with E-state index in [0.717, 1.165) is 12.1 Å². The van der Waals surface area contributed by atoms with Gasteiger partial charge in [0, 0.05) is 19.5 Å². The SMILES string of the molecule is O=C(O)c1ccc(S(=O)(=O)O)c(C(=O)O)c1.[Zn]. The molecule has 0 saturated heterocycles. The van der Waals surface area contributed by atoms with E-state index in [1.807, 2.05) is 0 Å². The first-order chi connectivity index (χ1) is 7.23. The zero-order valence-corrected chi connectivity index (χ0v) is 12.1. The van der Waals surface area contributed by atoms with E-state index in [9.17, 15) is 18.0 Å². The summed E-state index contributed by atoms with van der Waals surface area (Å²) < 4.78 is 30.3. The maximum absolute atomic E-state index is 10.8. The summed E-state index contributed by atoms with van der Waals surface area (Å²) in [5, 5.41) is 17.2. The number of carboxylic acids is 2. The van der Waals surface area contributed by atoms with Gasteiger partial charge in [-0.25, -0.2) is 9.59 Å². The van der Waals surface area contributed by atoms with Crippen molar-refractivity contribution in [3.05, 3.63) is 29.3 Å². The van der Waals surface area contributed by atoms with Crippen LogP contribution in [0, 0.1) is 0 Å². The maximum Gasteiger partial charge on any atom is 0.337 e. The average Bonchev–Trinajstić information content (AvgIpc) is 2.15. The van der Waals surface area contributed by atoms with Gasteiger partial charge in [-0.15, -0.1) is 0 Å². The van der Waals surface area contributed by atoms with Crippen molar-refractivity contribution in [2.75, 3.05) is 0 Å². The molecular formula is C8H6O7SZn. The molecule has 0 atom stereocenters. The Hall–Kier alpha value is -1.31. The van der Waals surface area contributed by atoms with Crippen molar-refractivity contribution >= 4 is 22.1 Å². The smallest absolute Gasteiger partial charge is 0.337 e. The Morgan fingerprint density at radius 3 is 1.94 bits per heavy atom. The predicted octanol–water partition coefficient (Wildman–Crippen LogP) is 0.327. The van der Waals surface area contributed by atoms with Crippen LogP contribution in [-0.2, 0) is 29.6 Å². The summed E-state index contributed by atoms with van der Waals surface area (Å²) in [7, 11) is -4.69. The largest absolute Gasteiger partial charge is 0.478 e. The Labute approximate surface area is 109 Å². The standard InChI is InChI=1S/C8H6O7S.Zn/c9-7(10)4-1-2-6(16(13,14)15)5(3-4)8(11)12;/h1-3H,(H,9,10)(H,11,12)(H,13,14,15);. The third-order valence-electron chi connectivity index (χ3n) is 1.73. The van der Waals surface area contributed by atoms with E-state index < -0.39 is 32.5 Å². The molecular weight excluding hydrogens is 306 g/mol. The summed E-state index contributed by atoms with van der Waals surface area (Å²) in [5.74, 6) is -3.04. The number of carboxylic acid groups (broad SMARTS) is 2. The van der Waals surface area contributed by atoms with Gasteiger partial charge >= 0.3 is 11.9 Å². The van der Waals surface area contributed by atoms with Gasteiger partial charge in [-0.05, 0) is 18.2 Å². The first kappa shape index (κ1) is 15.7. The van der Waals surface area contributed by atoms with Crippen LogP contribution in [0.4, 0.5) is 0 Å². The minimum absolute atomic E-state index is 0. The van der Waals surface area contributed by atoms with E-state index in [1.54, 1.807) is 0 Å². The molecule has 0 spiro atoms. The average molecular weight is 312 g/mol. The first-order valence-electron chi connectivity index (χ1n) is 3.81. The molecule has 0 bridgehead atoms. The zero-order chi connectivity index (χ0) is 12.5. The van der Waals surface area contributed by atoms with E-state index in [0.29, 0.717) is 6.07 Å². The quantitative estimate of drug-likeness (QED) is 0.541. The second kappa shape index (κ2) is 5.35. The zero-order valence-electron chi connectivity index (χ0n) is 8.32. The Bertz CT molecular complexity index is 563.